The van der Waals surface area contributed by atoms with E-state index in [4.69, 9.17) is 0 Å². The van der Waals surface area contributed by atoms with Crippen LogP contribution in [0.4, 0.5) is 0 Å². The van der Waals surface area contributed by atoms with E-state index >= 15 is 0 Å². The van der Waals surface area contributed by atoms with Crippen molar-refractivity contribution in [3.8, 4) is 0 Å². The molecule has 1 saturated heterocycles. The first-order chi connectivity index (χ1) is 5.33. The number of nitrogens with zero attached hydrogens (tertiary/aromatic N) is 1. The molecule has 1 aliphatic heterocycles. The highest BCUT2D eigenvalue weighted by Crippen LogP contribution is 2.32. The lowest BCUT2D eigenvalue weighted by Crippen LogP contribution is -2.34. The van der Waals surface area contributed by atoms with Gasteiger partial charge in [0, 0.05) is 19.0 Å². The Kier molecular flexibility index (Phi) is 1.72. The fourth-order valence-corrected chi connectivity index (χ4v) is 2.05. The van der Waals surface area contributed by atoms with Gasteiger partial charge in [-0.3, -0.25) is 9.69 Å². The highest BCUT2D eigenvalue weighted by Gasteiger charge is 2.39. The van der Waals surface area contributed by atoms with Crippen molar-refractivity contribution in [1.82, 2.24) is 4.90 Å². The number of likely N-dealkylation sites (tertiary alicyclic amines) is 1. The lowest BCUT2D eigenvalue weighted by molar-refractivity contribution is -0.120. The molecule has 1 heterocycles. The maximum absolute atomic E-state index is 11.3. The summed E-state index contributed by atoms with van der Waals surface area (Å²) in [5.41, 5.74) is 0. The van der Waals surface area contributed by atoms with Crippen LogP contribution in [0.2, 0.25) is 0 Å². The van der Waals surface area contributed by atoms with Gasteiger partial charge in [-0.2, -0.15) is 0 Å². The number of ketones is 1. The zero-order valence-electron chi connectivity index (χ0n) is 7.05. The Morgan fingerprint density at radius 1 is 1.55 bits per heavy atom. The maximum Gasteiger partial charge on any atom is 0.151 e. The van der Waals surface area contributed by atoms with Crippen LogP contribution < -0.4 is 0 Å². The van der Waals surface area contributed by atoms with E-state index in [2.05, 4.69) is 11.8 Å². The van der Waals surface area contributed by atoms with Crippen molar-refractivity contribution in [2.75, 3.05) is 6.54 Å². The molecule has 62 valence electrons. The molecule has 0 aromatic heterocycles. The van der Waals surface area contributed by atoms with E-state index in [0.29, 0.717) is 5.78 Å². The molecule has 11 heavy (non-hydrogen) atoms. The van der Waals surface area contributed by atoms with Crippen molar-refractivity contribution in [2.24, 2.45) is 0 Å². The van der Waals surface area contributed by atoms with Crippen molar-refractivity contribution in [2.45, 2.75) is 44.7 Å². The van der Waals surface area contributed by atoms with Crippen LogP contribution in [0, 0.1) is 0 Å². The standard InChI is InChI=1S/C9H15NO/c1-2-8-9(11)5-6-10(8)7-3-4-7/h7-8H,2-6H2,1H3. The predicted octanol–water partition coefficient (Wildman–Crippen LogP) is 1.20. The average Bonchev–Trinajstić information content (AvgIpc) is 2.76. The van der Waals surface area contributed by atoms with Gasteiger partial charge < -0.3 is 0 Å². The minimum absolute atomic E-state index is 0.280. The first-order valence-electron chi connectivity index (χ1n) is 4.61. The molecule has 0 aromatic rings. The summed E-state index contributed by atoms with van der Waals surface area (Å²) in [5.74, 6) is 0.472. The number of carbonyl (C=O) groups is 1. The molecule has 1 saturated carbocycles. The molecule has 2 heteroatoms. The normalized spacial score (nSPS) is 33.2. The molecule has 2 rings (SSSR count). The molecule has 0 bridgehead atoms. The van der Waals surface area contributed by atoms with E-state index in [9.17, 15) is 4.79 Å². The van der Waals surface area contributed by atoms with Crippen LogP contribution in [0.15, 0.2) is 0 Å². The number of rotatable bonds is 2. The fraction of sp³-hybridized carbons (Fsp3) is 0.889. The molecule has 1 aliphatic carbocycles. The van der Waals surface area contributed by atoms with Gasteiger partial charge in [-0.1, -0.05) is 6.92 Å². The van der Waals surface area contributed by atoms with E-state index in [1.54, 1.807) is 0 Å². The van der Waals surface area contributed by atoms with Gasteiger partial charge in [-0.25, -0.2) is 0 Å². The predicted molar refractivity (Wildman–Crippen MR) is 43.4 cm³/mol. The topological polar surface area (TPSA) is 20.3 Å². The Balaban J connectivity index is 2.03. The van der Waals surface area contributed by atoms with Crippen LogP contribution in [0.5, 0.6) is 0 Å². The van der Waals surface area contributed by atoms with Gasteiger partial charge in [0.25, 0.3) is 0 Å². The van der Waals surface area contributed by atoms with Gasteiger partial charge in [0.1, 0.15) is 0 Å². The number of hydrogen-bond donors (Lipinski definition) is 0. The second-order valence-corrected chi connectivity index (χ2v) is 3.61. The van der Waals surface area contributed by atoms with E-state index in [-0.39, 0.29) is 6.04 Å². The molecule has 1 unspecified atom stereocenters. The summed E-state index contributed by atoms with van der Waals surface area (Å²) in [6.45, 7) is 3.14. The highest BCUT2D eigenvalue weighted by molar-refractivity contribution is 5.86. The Morgan fingerprint density at radius 2 is 2.27 bits per heavy atom. The SMILES string of the molecule is CCC1C(=O)CCN1C1CC1. The van der Waals surface area contributed by atoms with Crippen molar-refractivity contribution in [3.63, 3.8) is 0 Å². The largest absolute Gasteiger partial charge is 0.298 e. The third-order valence-corrected chi connectivity index (χ3v) is 2.79. The molecule has 2 fully saturated rings. The minimum Gasteiger partial charge on any atom is -0.298 e. The molecule has 0 N–H and O–H groups in total. The molecular formula is C9H15NO. The number of Topliss-reactive ketones (excluding diaryl/α,β-unsaturated/α-hetero) is 1. The van der Waals surface area contributed by atoms with Gasteiger partial charge in [0.2, 0.25) is 0 Å². The van der Waals surface area contributed by atoms with Crippen LogP contribution in [0.1, 0.15) is 32.6 Å². The molecule has 1 atom stereocenters. The second-order valence-electron chi connectivity index (χ2n) is 3.61. The van der Waals surface area contributed by atoms with Gasteiger partial charge >= 0.3 is 0 Å². The van der Waals surface area contributed by atoms with Crippen LogP contribution in [-0.2, 0) is 4.79 Å². The molecule has 0 radical (unpaired) electrons. The van der Waals surface area contributed by atoms with Gasteiger partial charge in [0.05, 0.1) is 6.04 Å². The van der Waals surface area contributed by atoms with Crippen molar-refractivity contribution in [3.05, 3.63) is 0 Å². The van der Waals surface area contributed by atoms with E-state index in [1.807, 2.05) is 0 Å². The monoisotopic (exact) mass is 153 g/mol. The molecular weight excluding hydrogens is 138 g/mol. The Hall–Kier alpha value is -0.370. The zero-order valence-corrected chi connectivity index (χ0v) is 7.05. The van der Waals surface area contributed by atoms with Crippen LogP contribution in [0.25, 0.3) is 0 Å². The second kappa shape index (κ2) is 2.59. The van der Waals surface area contributed by atoms with Crippen molar-refractivity contribution in [1.29, 1.82) is 0 Å². The smallest absolute Gasteiger partial charge is 0.151 e. The number of carbonyl (C=O) groups excluding carboxylic acids is 1. The lowest BCUT2D eigenvalue weighted by Gasteiger charge is -2.20. The minimum atomic E-state index is 0.280. The molecule has 0 spiro atoms. The molecule has 2 nitrogen and oxygen atoms in total. The third-order valence-electron chi connectivity index (χ3n) is 2.79. The first-order valence-corrected chi connectivity index (χ1v) is 4.61. The summed E-state index contributed by atoms with van der Waals surface area (Å²) in [4.78, 5) is 13.7. The Morgan fingerprint density at radius 3 is 2.82 bits per heavy atom. The fourth-order valence-electron chi connectivity index (χ4n) is 2.05. The maximum atomic E-state index is 11.3. The van der Waals surface area contributed by atoms with Gasteiger partial charge in [-0.15, -0.1) is 0 Å². The van der Waals surface area contributed by atoms with Crippen LogP contribution >= 0.6 is 0 Å². The summed E-state index contributed by atoms with van der Waals surface area (Å²) in [6, 6.07) is 1.05. The lowest BCUT2D eigenvalue weighted by atomic mass is 10.1. The zero-order chi connectivity index (χ0) is 7.84. The van der Waals surface area contributed by atoms with E-state index < -0.39 is 0 Å². The van der Waals surface area contributed by atoms with Gasteiger partial charge in [0.15, 0.2) is 5.78 Å². The Bertz CT molecular complexity index is 174. The highest BCUT2D eigenvalue weighted by atomic mass is 16.1. The molecule has 2 aliphatic rings. The van der Waals surface area contributed by atoms with E-state index in [1.165, 1.54) is 12.8 Å². The summed E-state index contributed by atoms with van der Waals surface area (Å²) in [7, 11) is 0. The van der Waals surface area contributed by atoms with Crippen molar-refractivity contribution >= 4 is 5.78 Å². The summed E-state index contributed by atoms with van der Waals surface area (Å²) < 4.78 is 0. The van der Waals surface area contributed by atoms with Gasteiger partial charge in [-0.05, 0) is 19.3 Å². The number of hydrogen-bond acceptors (Lipinski definition) is 2. The average molecular weight is 153 g/mol. The quantitative estimate of drug-likeness (QED) is 0.594. The molecule has 0 amide bonds. The summed E-state index contributed by atoms with van der Waals surface area (Å²) in [5, 5.41) is 0. The molecule has 0 aromatic carbocycles. The van der Waals surface area contributed by atoms with E-state index in [0.717, 1.165) is 25.4 Å². The van der Waals surface area contributed by atoms with Crippen LogP contribution in [0.3, 0.4) is 0 Å². The summed E-state index contributed by atoms with van der Waals surface area (Å²) in [6.07, 6.45) is 4.46. The third kappa shape index (κ3) is 1.20. The Labute approximate surface area is 67.6 Å². The summed E-state index contributed by atoms with van der Waals surface area (Å²) >= 11 is 0. The first kappa shape index (κ1) is 7.29. The van der Waals surface area contributed by atoms with Crippen molar-refractivity contribution < 1.29 is 4.79 Å². The van der Waals surface area contributed by atoms with Crippen LogP contribution in [-0.4, -0.2) is 29.3 Å².